The van der Waals surface area contributed by atoms with Gasteiger partial charge in [-0.1, -0.05) is 31.0 Å². The molecule has 3 rings (SSSR count). The molecule has 1 heterocycles. The number of amides is 3. The third-order valence-corrected chi connectivity index (χ3v) is 5.63. The predicted octanol–water partition coefficient (Wildman–Crippen LogP) is 3.64. The minimum Gasteiger partial charge on any atom is -0.348 e. The van der Waals surface area contributed by atoms with E-state index in [2.05, 4.69) is 16.0 Å². The lowest BCUT2D eigenvalue weighted by molar-refractivity contribution is 0.0912. The van der Waals surface area contributed by atoms with Crippen molar-refractivity contribution in [1.29, 1.82) is 0 Å². The Labute approximate surface area is 157 Å². The molecule has 5 N–H and O–H groups in total. The fourth-order valence-electron chi connectivity index (χ4n) is 3.24. The fourth-order valence-corrected chi connectivity index (χ4v) is 4.05. The van der Waals surface area contributed by atoms with Crippen LogP contribution in [0.3, 0.4) is 0 Å². The van der Waals surface area contributed by atoms with Crippen LogP contribution in [0, 0.1) is 5.92 Å². The highest BCUT2D eigenvalue weighted by Crippen LogP contribution is 2.26. The van der Waals surface area contributed by atoms with Gasteiger partial charge in [-0.3, -0.25) is 10.1 Å². The third kappa shape index (κ3) is 4.83. The van der Waals surface area contributed by atoms with Gasteiger partial charge in [0.2, 0.25) is 0 Å². The number of nitrogens with two attached hydrogens (primary N) is 1. The quantitative estimate of drug-likeness (QED) is 0.645. The van der Waals surface area contributed by atoms with Gasteiger partial charge in [-0.15, -0.1) is 11.3 Å². The molecule has 2 unspecified atom stereocenters. The molecule has 0 spiro atoms. The van der Waals surface area contributed by atoms with E-state index in [1.165, 1.54) is 17.8 Å². The first-order valence-corrected chi connectivity index (χ1v) is 9.71. The highest BCUT2D eigenvalue weighted by atomic mass is 32.1. The topological polar surface area (TPSA) is 96.2 Å². The molecule has 1 saturated carbocycles. The van der Waals surface area contributed by atoms with Crippen molar-refractivity contribution in [2.75, 3.05) is 17.2 Å². The largest absolute Gasteiger partial charge is 0.348 e. The Hall–Kier alpha value is -2.38. The van der Waals surface area contributed by atoms with Crippen LogP contribution in [-0.2, 0) is 0 Å². The summed E-state index contributed by atoms with van der Waals surface area (Å²) < 4.78 is 0. The Morgan fingerprint density at radius 2 is 1.81 bits per heavy atom. The van der Waals surface area contributed by atoms with E-state index in [9.17, 15) is 9.59 Å². The normalized spacial score (nSPS) is 19.6. The number of urea groups is 1. The lowest BCUT2D eigenvalue weighted by Gasteiger charge is -2.31. The van der Waals surface area contributed by atoms with Crippen LogP contribution in [0.2, 0.25) is 0 Å². The highest BCUT2D eigenvalue weighted by molar-refractivity contribution is 7.18. The predicted molar refractivity (Wildman–Crippen MR) is 106 cm³/mol. The Kier molecular flexibility index (Phi) is 6.25. The number of para-hydroxylation sites is 1. The average molecular weight is 372 g/mol. The van der Waals surface area contributed by atoms with E-state index in [1.807, 2.05) is 30.3 Å². The van der Waals surface area contributed by atoms with Gasteiger partial charge in [0.15, 0.2) is 0 Å². The van der Waals surface area contributed by atoms with E-state index in [-0.39, 0.29) is 18.0 Å². The second-order valence-corrected chi connectivity index (χ2v) is 7.55. The van der Waals surface area contributed by atoms with Gasteiger partial charge in [-0.25, -0.2) is 4.79 Å². The molecule has 2 aromatic rings. The summed E-state index contributed by atoms with van der Waals surface area (Å²) >= 11 is 1.26. The number of hydrogen-bond acceptors (Lipinski definition) is 4. The van der Waals surface area contributed by atoms with Crippen LogP contribution in [0.4, 0.5) is 15.5 Å². The van der Waals surface area contributed by atoms with Crippen LogP contribution in [0.25, 0.3) is 0 Å². The zero-order chi connectivity index (χ0) is 18.4. The van der Waals surface area contributed by atoms with Crippen molar-refractivity contribution >= 4 is 34.0 Å². The van der Waals surface area contributed by atoms with E-state index in [4.69, 9.17) is 5.73 Å². The molecular weight excluding hydrogens is 348 g/mol. The van der Waals surface area contributed by atoms with Crippen molar-refractivity contribution < 1.29 is 9.59 Å². The summed E-state index contributed by atoms with van der Waals surface area (Å²) in [7, 11) is 0. The maximum Gasteiger partial charge on any atom is 0.324 e. The van der Waals surface area contributed by atoms with E-state index in [0.29, 0.717) is 28.0 Å². The van der Waals surface area contributed by atoms with Gasteiger partial charge in [-0.2, -0.15) is 0 Å². The number of nitrogens with one attached hydrogen (secondary N) is 3. The number of rotatable bonds is 5. The highest BCUT2D eigenvalue weighted by Gasteiger charge is 2.26. The molecule has 1 fully saturated rings. The van der Waals surface area contributed by atoms with Crippen LogP contribution in [-0.4, -0.2) is 24.5 Å². The monoisotopic (exact) mass is 372 g/mol. The maximum absolute atomic E-state index is 12.5. The maximum atomic E-state index is 12.5. The van der Waals surface area contributed by atoms with Crippen molar-refractivity contribution in [3.8, 4) is 0 Å². The zero-order valence-electron chi connectivity index (χ0n) is 14.5. The van der Waals surface area contributed by atoms with E-state index >= 15 is 0 Å². The van der Waals surface area contributed by atoms with Crippen LogP contribution < -0.4 is 21.7 Å². The number of anilines is 2. The standard InChI is InChI=1S/C19H24N4O2S/c20-12-13-6-4-5-9-15(13)22-18(24)16-10-11-17(26-16)23-19(25)21-14-7-2-1-3-8-14/h1-3,7-8,10-11,13,15H,4-6,9,12,20H2,(H,22,24)(H2,21,23,25). The lowest BCUT2D eigenvalue weighted by Crippen LogP contribution is -2.44. The van der Waals surface area contributed by atoms with Gasteiger partial charge in [-0.05, 0) is 49.6 Å². The van der Waals surface area contributed by atoms with Crippen LogP contribution in [0.5, 0.6) is 0 Å². The van der Waals surface area contributed by atoms with Crippen LogP contribution >= 0.6 is 11.3 Å². The molecule has 1 aromatic heterocycles. The summed E-state index contributed by atoms with van der Waals surface area (Å²) in [4.78, 5) is 25.1. The van der Waals surface area contributed by atoms with Gasteiger partial charge in [0.05, 0.1) is 9.88 Å². The minimum atomic E-state index is -0.333. The van der Waals surface area contributed by atoms with Crippen molar-refractivity contribution in [3.63, 3.8) is 0 Å². The molecule has 6 nitrogen and oxygen atoms in total. The van der Waals surface area contributed by atoms with Crippen molar-refractivity contribution in [2.45, 2.75) is 31.7 Å². The second kappa shape index (κ2) is 8.82. The molecule has 0 bridgehead atoms. The summed E-state index contributed by atoms with van der Waals surface area (Å²) in [5, 5.41) is 9.24. The minimum absolute atomic E-state index is 0.100. The number of benzene rings is 1. The second-order valence-electron chi connectivity index (χ2n) is 6.47. The molecule has 0 radical (unpaired) electrons. The molecule has 1 aliphatic carbocycles. The smallest absolute Gasteiger partial charge is 0.324 e. The number of hydrogen-bond donors (Lipinski definition) is 4. The first kappa shape index (κ1) is 18.4. The van der Waals surface area contributed by atoms with Crippen molar-refractivity contribution in [2.24, 2.45) is 11.7 Å². The molecule has 138 valence electrons. The molecule has 1 aromatic carbocycles. The SMILES string of the molecule is NCC1CCCCC1NC(=O)c1ccc(NC(=O)Nc2ccccc2)s1. The number of carbonyl (C=O) groups excluding carboxylic acids is 2. The third-order valence-electron chi connectivity index (χ3n) is 4.63. The average Bonchev–Trinajstić information content (AvgIpc) is 3.11. The molecular formula is C19H24N4O2S. The Morgan fingerprint density at radius 1 is 1.04 bits per heavy atom. The number of thiophene rings is 1. The number of carbonyl (C=O) groups is 2. The molecule has 26 heavy (non-hydrogen) atoms. The molecule has 0 saturated heterocycles. The van der Waals surface area contributed by atoms with Gasteiger partial charge in [0, 0.05) is 11.7 Å². The zero-order valence-corrected chi connectivity index (χ0v) is 15.4. The Morgan fingerprint density at radius 3 is 2.58 bits per heavy atom. The Balaban J connectivity index is 1.55. The van der Waals surface area contributed by atoms with Gasteiger partial charge < -0.3 is 16.4 Å². The van der Waals surface area contributed by atoms with E-state index in [0.717, 1.165) is 19.3 Å². The summed E-state index contributed by atoms with van der Waals surface area (Å²) in [6.07, 6.45) is 4.35. The van der Waals surface area contributed by atoms with Gasteiger partial charge in [0.1, 0.15) is 0 Å². The first-order valence-electron chi connectivity index (χ1n) is 8.89. The molecule has 7 heteroatoms. The molecule has 0 aliphatic heterocycles. The Bertz CT molecular complexity index is 747. The lowest BCUT2D eigenvalue weighted by atomic mass is 9.84. The van der Waals surface area contributed by atoms with Crippen molar-refractivity contribution in [3.05, 3.63) is 47.3 Å². The molecule has 3 amide bonds. The summed E-state index contributed by atoms with van der Waals surface area (Å²) in [6.45, 7) is 0.599. The molecule has 2 atom stereocenters. The van der Waals surface area contributed by atoms with E-state index in [1.54, 1.807) is 12.1 Å². The fraction of sp³-hybridized carbons (Fsp3) is 0.368. The van der Waals surface area contributed by atoms with Crippen molar-refractivity contribution in [1.82, 2.24) is 5.32 Å². The van der Waals surface area contributed by atoms with Gasteiger partial charge in [0.25, 0.3) is 5.91 Å². The van der Waals surface area contributed by atoms with E-state index < -0.39 is 0 Å². The van der Waals surface area contributed by atoms with Crippen LogP contribution in [0.1, 0.15) is 35.4 Å². The van der Waals surface area contributed by atoms with Gasteiger partial charge >= 0.3 is 6.03 Å². The summed E-state index contributed by atoms with van der Waals surface area (Å²) in [6, 6.07) is 12.5. The van der Waals surface area contributed by atoms with Crippen LogP contribution in [0.15, 0.2) is 42.5 Å². The first-order chi connectivity index (χ1) is 12.7. The summed E-state index contributed by atoms with van der Waals surface area (Å²) in [5.41, 5.74) is 6.54. The molecule has 1 aliphatic rings. The summed E-state index contributed by atoms with van der Waals surface area (Å²) in [5.74, 6) is 0.249.